The van der Waals surface area contributed by atoms with Gasteiger partial charge in [0.25, 0.3) is 0 Å². The normalized spacial score (nSPS) is 16.5. The summed E-state index contributed by atoms with van der Waals surface area (Å²) in [7, 11) is 0. The van der Waals surface area contributed by atoms with Crippen LogP contribution >= 0.6 is 12.4 Å². The molecule has 1 aromatic rings. The van der Waals surface area contributed by atoms with Crippen molar-refractivity contribution in [3.63, 3.8) is 0 Å². The first-order valence-corrected chi connectivity index (χ1v) is 7.60. The number of amides is 1. The molecule has 1 heterocycles. The first kappa shape index (κ1) is 19.6. The third kappa shape index (κ3) is 6.71. The van der Waals surface area contributed by atoms with Gasteiger partial charge in [-0.25, -0.2) is 0 Å². The number of piperidine rings is 1. The van der Waals surface area contributed by atoms with Crippen molar-refractivity contribution < 1.29 is 18.3 Å². The van der Waals surface area contributed by atoms with Crippen molar-refractivity contribution in [2.45, 2.75) is 32.8 Å². The van der Waals surface area contributed by atoms with Crippen molar-refractivity contribution >= 4 is 24.0 Å². The van der Waals surface area contributed by atoms with Crippen LogP contribution in [0, 0.1) is 11.8 Å². The smallest absolute Gasteiger partial charge is 0.387 e. The maximum absolute atomic E-state index is 12.1. The molecule has 1 aromatic carbocycles. The lowest BCUT2D eigenvalue weighted by molar-refractivity contribution is -0.117. The summed E-state index contributed by atoms with van der Waals surface area (Å²) in [6, 6.07) is 5.95. The van der Waals surface area contributed by atoms with E-state index in [-0.39, 0.29) is 24.1 Å². The number of carbonyl (C=O) groups is 1. The molecule has 0 saturated carbocycles. The Morgan fingerprint density at radius 2 is 1.91 bits per heavy atom. The molecule has 1 fully saturated rings. The molecule has 2 rings (SSSR count). The van der Waals surface area contributed by atoms with Crippen LogP contribution in [0.25, 0.3) is 0 Å². The van der Waals surface area contributed by atoms with E-state index in [0.29, 0.717) is 23.9 Å². The number of anilines is 1. The van der Waals surface area contributed by atoms with Crippen molar-refractivity contribution in [3.05, 3.63) is 24.3 Å². The molecule has 4 nitrogen and oxygen atoms in total. The van der Waals surface area contributed by atoms with Gasteiger partial charge in [0.1, 0.15) is 5.75 Å². The van der Waals surface area contributed by atoms with E-state index >= 15 is 0 Å². The third-order valence-electron chi connectivity index (χ3n) is 4.06. The molecule has 0 aliphatic carbocycles. The van der Waals surface area contributed by atoms with Crippen LogP contribution in [0.1, 0.15) is 26.2 Å². The van der Waals surface area contributed by atoms with Crippen LogP contribution in [0.4, 0.5) is 14.5 Å². The Morgan fingerprint density at radius 1 is 1.30 bits per heavy atom. The van der Waals surface area contributed by atoms with Crippen molar-refractivity contribution in [2.24, 2.45) is 11.8 Å². The van der Waals surface area contributed by atoms with Crippen molar-refractivity contribution in [1.29, 1.82) is 0 Å². The third-order valence-corrected chi connectivity index (χ3v) is 4.06. The number of carbonyl (C=O) groups excluding carboxylic acids is 1. The van der Waals surface area contributed by atoms with E-state index < -0.39 is 6.61 Å². The molecule has 130 valence electrons. The molecule has 2 N–H and O–H groups in total. The molecule has 0 spiro atoms. The highest BCUT2D eigenvalue weighted by Gasteiger charge is 2.22. The van der Waals surface area contributed by atoms with E-state index in [4.69, 9.17) is 0 Å². The fourth-order valence-corrected chi connectivity index (χ4v) is 2.80. The number of alkyl halides is 2. The Morgan fingerprint density at radius 3 is 2.48 bits per heavy atom. The molecular formula is C16H23ClF2N2O2. The molecule has 1 saturated heterocycles. The molecule has 0 radical (unpaired) electrons. The molecular weight excluding hydrogens is 326 g/mol. The summed E-state index contributed by atoms with van der Waals surface area (Å²) in [5.41, 5.74) is 0.587. The van der Waals surface area contributed by atoms with Gasteiger partial charge in [-0.05, 0) is 62.0 Å². The van der Waals surface area contributed by atoms with Crippen LogP contribution in [0.3, 0.4) is 0 Å². The second-order valence-corrected chi connectivity index (χ2v) is 5.72. The zero-order chi connectivity index (χ0) is 15.9. The summed E-state index contributed by atoms with van der Waals surface area (Å²) in [5.74, 6) is 0.946. The van der Waals surface area contributed by atoms with E-state index in [0.717, 1.165) is 25.9 Å². The lowest BCUT2D eigenvalue weighted by Crippen LogP contribution is -2.32. The van der Waals surface area contributed by atoms with Gasteiger partial charge in [0.15, 0.2) is 0 Å². The number of hydrogen-bond acceptors (Lipinski definition) is 3. The van der Waals surface area contributed by atoms with Gasteiger partial charge in [-0.2, -0.15) is 8.78 Å². The molecule has 1 unspecified atom stereocenters. The van der Waals surface area contributed by atoms with Crippen LogP contribution in [-0.2, 0) is 4.79 Å². The Bertz CT molecular complexity index is 479. The van der Waals surface area contributed by atoms with Crippen LogP contribution in [-0.4, -0.2) is 25.6 Å². The summed E-state index contributed by atoms with van der Waals surface area (Å²) in [6.07, 6.45) is 2.68. The summed E-state index contributed by atoms with van der Waals surface area (Å²) in [4.78, 5) is 12.1. The Balaban J connectivity index is 0.00000264. The minimum Gasteiger partial charge on any atom is -0.435 e. The highest BCUT2D eigenvalue weighted by atomic mass is 35.5. The van der Waals surface area contributed by atoms with Gasteiger partial charge in [0.2, 0.25) is 5.91 Å². The molecule has 0 bridgehead atoms. The number of ether oxygens (including phenoxy) is 1. The zero-order valence-corrected chi connectivity index (χ0v) is 13.9. The summed E-state index contributed by atoms with van der Waals surface area (Å²) < 4.78 is 28.4. The summed E-state index contributed by atoms with van der Waals surface area (Å²) in [5, 5.41) is 6.11. The van der Waals surface area contributed by atoms with Crippen LogP contribution < -0.4 is 15.4 Å². The highest BCUT2D eigenvalue weighted by Crippen LogP contribution is 2.25. The molecule has 0 aromatic heterocycles. The number of rotatable bonds is 6. The second kappa shape index (κ2) is 9.67. The van der Waals surface area contributed by atoms with Gasteiger partial charge in [-0.1, -0.05) is 6.92 Å². The fourth-order valence-electron chi connectivity index (χ4n) is 2.80. The largest absolute Gasteiger partial charge is 0.435 e. The molecule has 1 aliphatic heterocycles. The van der Waals surface area contributed by atoms with E-state index in [1.165, 1.54) is 12.1 Å². The van der Waals surface area contributed by atoms with Gasteiger partial charge < -0.3 is 15.4 Å². The topological polar surface area (TPSA) is 50.4 Å². The molecule has 23 heavy (non-hydrogen) atoms. The van der Waals surface area contributed by atoms with Crippen LogP contribution in [0.2, 0.25) is 0 Å². The maximum atomic E-state index is 12.1. The Labute approximate surface area is 141 Å². The minimum absolute atomic E-state index is 0. The molecule has 1 amide bonds. The van der Waals surface area contributed by atoms with Gasteiger partial charge in [-0.15, -0.1) is 12.4 Å². The molecule has 1 aliphatic rings. The predicted octanol–water partition coefficient (Wildman–Crippen LogP) is 3.67. The first-order valence-electron chi connectivity index (χ1n) is 7.60. The van der Waals surface area contributed by atoms with Crippen molar-refractivity contribution in [3.8, 4) is 5.75 Å². The summed E-state index contributed by atoms with van der Waals surface area (Å²) >= 11 is 0. The Kier molecular flexibility index (Phi) is 8.26. The fraction of sp³-hybridized carbons (Fsp3) is 0.562. The maximum Gasteiger partial charge on any atom is 0.387 e. The number of hydrogen-bond donors (Lipinski definition) is 2. The minimum atomic E-state index is -2.84. The first-order chi connectivity index (χ1) is 10.5. The highest BCUT2D eigenvalue weighted by molar-refractivity contribution is 5.90. The van der Waals surface area contributed by atoms with E-state index in [9.17, 15) is 13.6 Å². The average Bonchev–Trinajstić information content (AvgIpc) is 2.49. The standard InChI is InChI=1S/C16H22F2N2O2.ClH/c1-11(12-6-8-19-9-7-12)10-15(21)20-13-2-4-14(5-3-13)22-16(17)18;/h2-5,11-12,16,19H,6-10H2,1H3,(H,20,21);1H. The van der Waals surface area contributed by atoms with E-state index in [2.05, 4.69) is 22.3 Å². The van der Waals surface area contributed by atoms with Crippen molar-refractivity contribution in [2.75, 3.05) is 18.4 Å². The number of benzene rings is 1. The quantitative estimate of drug-likeness (QED) is 0.824. The van der Waals surface area contributed by atoms with Crippen LogP contribution in [0.15, 0.2) is 24.3 Å². The van der Waals surface area contributed by atoms with Gasteiger partial charge in [-0.3, -0.25) is 4.79 Å². The lowest BCUT2D eigenvalue weighted by Gasteiger charge is -2.27. The predicted molar refractivity (Wildman–Crippen MR) is 88.3 cm³/mol. The number of halogens is 3. The lowest BCUT2D eigenvalue weighted by atomic mass is 9.84. The molecule has 7 heteroatoms. The van der Waals surface area contributed by atoms with Crippen LogP contribution in [0.5, 0.6) is 5.75 Å². The number of nitrogens with one attached hydrogen (secondary N) is 2. The summed E-state index contributed by atoms with van der Waals surface area (Å²) in [6.45, 7) is 1.30. The van der Waals surface area contributed by atoms with E-state index in [1.54, 1.807) is 12.1 Å². The second-order valence-electron chi connectivity index (χ2n) is 5.72. The van der Waals surface area contributed by atoms with E-state index in [1.807, 2.05) is 0 Å². The van der Waals surface area contributed by atoms with Crippen molar-refractivity contribution in [1.82, 2.24) is 5.32 Å². The van der Waals surface area contributed by atoms with Gasteiger partial charge >= 0.3 is 6.61 Å². The van der Waals surface area contributed by atoms with Gasteiger partial charge in [0.05, 0.1) is 0 Å². The zero-order valence-electron chi connectivity index (χ0n) is 13.1. The average molecular weight is 349 g/mol. The Hall–Kier alpha value is -1.40. The van der Waals surface area contributed by atoms with Gasteiger partial charge in [0, 0.05) is 12.1 Å². The molecule has 1 atom stereocenters. The monoisotopic (exact) mass is 348 g/mol. The SMILES string of the molecule is CC(CC(=O)Nc1ccc(OC(F)F)cc1)C1CCNCC1.Cl.